The summed E-state index contributed by atoms with van der Waals surface area (Å²) in [6.45, 7) is 6.77. The first kappa shape index (κ1) is 14.5. The van der Waals surface area contributed by atoms with Crippen molar-refractivity contribution in [3.8, 4) is 0 Å². The highest BCUT2D eigenvalue weighted by atomic mass is 32.1. The molecule has 106 valence electrons. The van der Waals surface area contributed by atoms with E-state index in [0.717, 1.165) is 37.8 Å². The molecule has 2 rings (SSSR count). The topological polar surface area (TPSA) is 39.2 Å². The summed E-state index contributed by atoms with van der Waals surface area (Å²) in [6.07, 6.45) is 5.23. The van der Waals surface area contributed by atoms with E-state index in [2.05, 4.69) is 13.8 Å². The van der Waals surface area contributed by atoms with Gasteiger partial charge in [-0.25, -0.2) is 4.98 Å². The molecule has 3 nitrogen and oxygen atoms in total. The Bertz CT molecular complexity index is 439. The molecule has 0 bridgehead atoms. The molecule has 0 aliphatic heterocycles. The number of aromatic nitrogens is 1. The summed E-state index contributed by atoms with van der Waals surface area (Å²) in [5.41, 5.74) is 1.01. The molecule has 0 saturated carbocycles. The second-order valence-corrected chi connectivity index (χ2v) is 6.71. The van der Waals surface area contributed by atoms with Gasteiger partial charge >= 0.3 is 5.97 Å². The molecular formula is C15H23NO2S. The fourth-order valence-electron chi connectivity index (χ4n) is 2.46. The van der Waals surface area contributed by atoms with Gasteiger partial charge in [0, 0.05) is 4.88 Å². The molecule has 0 amide bonds. The summed E-state index contributed by atoms with van der Waals surface area (Å²) in [7, 11) is 0. The molecule has 1 aliphatic rings. The third kappa shape index (κ3) is 3.56. The van der Waals surface area contributed by atoms with Gasteiger partial charge in [0.25, 0.3) is 0 Å². The first-order valence-corrected chi connectivity index (χ1v) is 8.08. The summed E-state index contributed by atoms with van der Waals surface area (Å²) in [6, 6.07) is 0. The van der Waals surface area contributed by atoms with Crippen LogP contribution in [0.1, 0.15) is 61.5 Å². The van der Waals surface area contributed by atoms with Crippen molar-refractivity contribution in [3.05, 3.63) is 15.6 Å². The Morgan fingerprint density at radius 3 is 3.00 bits per heavy atom. The number of carbonyl (C=O) groups excluding carboxylic acids is 1. The van der Waals surface area contributed by atoms with Crippen molar-refractivity contribution in [3.63, 3.8) is 0 Å². The molecule has 1 aromatic heterocycles. The van der Waals surface area contributed by atoms with Crippen LogP contribution in [0, 0.1) is 5.92 Å². The smallest absolute Gasteiger partial charge is 0.315 e. The fraction of sp³-hybridized carbons (Fsp3) is 0.733. The van der Waals surface area contributed by atoms with Gasteiger partial charge in [0.15, 0.2) is 0 Å². The van der Waals surface area contributed by atoms with Gasteiger partial charge in [0.2, 0.25) is 0 Å². The van der Waals surface area contributed by atoms with Gasteiger partial charge in [-0.1, -0.05) is 13.8 Å². The van der Waals surface area contributed by atoms with E-state index >= 15 is 0 Å². The average Bonchev–Trinajstić information content (AvgIpc) is 2.79. The molecule has 0 spiro atoms. The SMILES string of the molecule is CCOC(=O)C1CCCc2sc(CCC(C)C)nc21. The minimum Gasteiger partial charge on any atom is -0.465 e. The highest BCUT2D eigenvalue weighted by molar-refractivity contribution is 7.11. The maximum absolute atomic E-state index is 12.0. The first-order valence-electron chi connectivity index (χ1n) is 7.27. The van der Waals surface area contributed by atoms with Gasteiger partial charge in [0.05, 0.1) is 17.3 Å². The van der Waals surface area contributed by atoms with Crippen LogP contribution in [0.25, 0.3) is 0 Å². The van der Waals surface area contributed by atoms with Crippen LogP contribution in [-0.4, -0.2) is 17.6 Å². The number of esters is 1. The Hall–Kier alpha value is -0.900. The van der Waals surface area contributed by atoms with Crippen LogP contribution < -0.4 is 0 Å². The van der Waals surface area contributed by atoms with Gasteiger partial charge in [-0.05, 0) is 44.9 Å². The molecule has 0 radical (unpaired) electrons. The van der Waals surface area contributed by atoms with Crippen LogP contribution in [0.15, 0.2) is 0 Å². The van der Waals surface area contributed by atoms with E-state index in [1.54, 1.807) is 11.3 Å². The summed E-state index contributed by atoms with van der Waals surface area (Å²) < 4.78 is 5.17. The van der Waals surface area contributed by atoms with Crippen molar-refractivity contribution in [2.24, 2.45) is 5.92 Å². The Morgan fingerprint density at radius 1 is 1.53 bits per heavy atom. The molecule has 1 heterocycles. The van der Waals surface area contributed by atoms with Crippen LogP contribution in [0.5, 0.6) is 0 Å². The lowest BCUT2D eigenvalue weighted by Crippen LogP contribution is -2.20. The summed E-state index contributed by atoms with van der Waals surface area (Å²) in [5.74, 6) is 0.485. The maximum atomic E-state index is 12.0. The zero-order valence-electron chi connectivity index (χ0n) is 12.1. The lowest BCUT2D eigenvalue weighted by Gasteiger charge is -2.19. The van der Waals surface area contributed by atoms with Crippen molar-refractivity contribution in [1.82, 2.24) is 4.98 Å². The summed E-state index contributed by atoms with van der Waals surface area (Å²) in [5, 5.41) is 1.19. The van der Waals surface area contributed by atoms with Crippen LogP contribution in [0.2, 0.25) is 0 Å². The van der Waals surface area contributed by atoms with Crippen LogP contribution in [0.4, 0.5) is 0 Å². The first-order chi connectivity index (χ1) is 9.11. The molecule has 19 heavy (non-hydrogen) atoms. The molecule has 1 unspecified atom stereocenters. The number of hydrogen-bond donors (Lipinski definition) is 0. The number of ether oxygens (including phenoxy) is 1. The fourth-order valence-corrected chi connectivity index (χ4v) is 3.65. The Morgan fingerprint density at radius 2 is 2.32 bits per heavy atom. The molecule has 0 fully saturated rings. The number of rotatable bonds is 5. The number of fused-ring (bicyclic) bond motifs is 1. The lowest BCUT2D eigenvalue weighted by molar-refractivity contribution is -0.145. The lowest BCUT2D eigenvalue weighted by atomic mass is 9.91. The summed E-state index contributed by atoms with van der Waals surface area (Å²) >= 11 is 1.80. The molecule has 1 aliphatic carbocycles. The number of hydrogen-bond acceptors (Lipinski definition) is 4. The molecular weight excluding hydrogens is 258 g/mol. The van der Waals surface area contributed by atoms with Crippen LogP contribution >= 0.6 is 11.3 Å². The molecule has 0 aromatic carbocycles. The highest BCUT2D eigenvalue weighted by Crippen LogP contribution is 2.36. The van der Waals surface area contributed by atoms with E-state index in [0.29, 0.717) is 12.5 Å². The van der Waals surface area contributed by atoms with Gasteiger partial charge in [-0.3, -0.25) is 4.79 Å². The van der Waals surface area contributed by atoms with Crippen LogP contribution in [-0.2, 0) is 22.4 Å². The number of carbonyl (C=O) groups is 1. The standard InChI is InChI=1S/C15H23NO2S/c1-4-18-15(17)11-6-5-7-12-14(11)16-13(19-12)9-8-10(2)3/h10-11H,4-9H2,1-3H3. The number of thiazole rings is 1. The van der Waals surface area contributed by atoms with Crippen LogP contribution in [0.3, 0.4) is 0 Å². The van der Waals surface area contributed by atoms with E-state index in [1.165, 1.54) is 9.88 Å². The van der Waals surface area contributed by atoms with Crippen molar-refractivity contribution < 1.29 is 9.53 Å². The normalized spacial score (nSPS) is 18.4. The Kier molecular flexibility index (Phi) is 4.97. The highest BCUT2D eigenvalue weighted by Gasteiger charge is 2.31. The van der Waals surface area contributed by atoms with Crippen molar-refractivity contribution in [2.75, 3.05) is 6.61 Å². The van der Waals surface area contributed by atoms with E-state index in [-0.39, 0.29) is 11.9 Å². The maximum Gasteiger partial charge on any atom is 0.315 e. The molecule has 1 aromatic rings. The predicted molar refractivity (Wildman–Crippen MR) is 77.6 cm³/mol. The third-order valence-corrected chi connectivity index (χ3v) is 4.70. The third-order valence-electron chi connectivity index (χ3n) is 3.51. The van der Waals surface area contributed by atoms with Crippen molar-refractivity contribution >= 4 is 17.3 Å². The monoisotopic (exact) mass is 281 g/mol. The minimum absolute atomic E-state index is 0.0934. The van der Waals surface area contributed by atoms with E-state index in [1.807, 2.05) is 6.92 Å². The second-order valence-electron chi connectivity index (χ2n) is 5.55. The Labute approximate surface area is 119 Å². The largest absolute Gasteiger partial charge is 0.465 e. The van der Waals surface area contributed by atoms with E-state index in [4.69, 9.17) is 9.72 Å². The molecule has 0 N–H and O–H groups in total. The summed E-state index contributed by atoms with van der Waals surface area (Å²) in [4.78, 5) is 18.0. The van der Waals surface area contributed by atoms with E-state index < -0.39 is 0 Å². The molecule has 4 heteroatoms. The van der Waals surface area contributed by atoms with E-state index in [9.17, 15) is 4.79 Å². The second kappa shape index (κ2) is 6.51. The van der Waals surface area contributed by atoms with Gasteiger partial charge in [0.1, 0.15) is 5.92 Å². The molecule has 1 atom stereocenters. The number of nitrogens with zero attached hydrogens (tertiary/aromatic N) is 1. The zero-order chi connectivity index (χ0) is 13.8. The van der Waals surface area contributed by atoms with Gasteiger partial charge in [-0.2, -0.15) is 0 Å². The van der Waals surface area contributed by atoms with Crippen molar-refractivity contribution in [1.29, 1.82) is 0 Å². The Balaban J connectivity index is 2.12. The van der Waals surface area contributed by atoms with Gasteiger partial charge in [-0.15, -0.1) is 11.3 Å². The quantitative estimate of drug-likeness (QED) is 0.772. The number of aryl methyl sites for hydroxylation is 2. The minimum atomic E-state index is -0.118. The predicted octanol–water partition coefficient (Wildman–Crippen LogP) is 3.71. The zero-order valence-corrected chi connectivity index (χ0v) is 12.9. The van der Waals surface area contributed by atoms with Crippen molar-refractivity contribution in [2.45, 2.75) is 58.8 Å². The molecule has 0 saturated heterocycles. The van der Waals surface area contributed by atoms with Gasteiger partial charge < -0.3 is 4.74 Å². The average molecular weight is 281 g/mol.